The molecular formula is C12H7Br2F2N3O2. The van der Waals surface area contributed by atoms with Gasteiger partial charge in [-0.3, -0.25) is 9.59 Å². The number of nitrogens with one attached hydrogen (secondary N) is 1. The smallest absolute Gasteiger partial charge is 0.282 e. The molecule has 5 nitrogen and oxygen atoms in total. The number of rotatable bonds is 3. The molecule has 1 heterocycles. The first kappa shape index (κ1) is 15.8. The van der Waals surface area contributed by atoms with Crippen molar-refractivity contribution in [3.8, 4) is 0 Å². The lowest BCUT2D eigenvalue weighted by Crippen LogP contribution is -2.30. The lowest BCUT2D eigenvalue weighted by atomic mass is 10.3. The molecule has 0 spiro atoms. The highest BCUT2D eigenvalue weighted by atomic mass is 79.9. The van der Waals surface area contributed by atoms with Gasteiger partial charge in [-0.1, -0.05) is 0 Å². The lowest BCUT2D eigenvalue weighted by Gasteiger charge is -2.07. The predicted molar refractivity (Wildman–Crippen MR) is 78.9 cm³/mol. The summed E-state index contributed by atoms with van der Waals surface area (Å²) in [4.78, 5) is 23.6. The molecule has 0 saturated carbocycles. The molecule has 0 radical (unpaired) electrons. The molecule has 0 aliphatic carbocycles. The number of nitrogens with zero attached hydrogens (tertiary/aromatic N) is 2. The molecule has 21 heavy (non-hydrogen) atoms. The number of carbonyl (C=O) groups excluding carboxylic acids is 1. The molecule has 1 aromatic carbocycles. The molecule has 0 bridgehead atoms. The predicted octanol–water partition coefficient (Wildman–Crippen LogP) is 2.69. The summed E-state index contributed by atoms with van der Waals surface area (Å²) in [5.41, 5.74) is -0.409. The summed E-state index contributed by atoms with van der Waals surface area (Å²) in [6, 6.07) is 2.95. The van der Waals surface area contributed by atoms with Gasteiger partial charge in [0.2, 0.25) is 5.91 Å². The van der Waals surface area contributed by atoms with E-state index in [-0.39, 0.29) is 16.7 Å². The molecule has 0 aliphatic heterocycles. The van der Waals surface area contributed by atoms with Gasteiger partial charge in [0.05, 0.1) is 10.7 Å². The molecule has 0 saturated heterocycles. The Balaban J connectivity index is 2.14. The minimum atomic E-state index is -1.07. The van der Waals surface area contributed by atoms with Crippen molar-refractivity contribution >= 4 is 43.5 Å². The Labute approximate surface area is 134 Å². The van der Waals surface area contributed by atoms with Gasteiger partial charge in [-0.15, -0.1) is 0 Å². The highest BCUT2D eigenvalue weighted by Crippen LogP contribution is 2.16. The van der Waals surface area contributed by atoms with Crippen molar-refractivity contribution in [3.63, 3.8) is 0 Å². The molecule has 1 N–H and O–H groups in total. The number of aromatic nitrogens is 2. The summed E-state index contributed by atoms with van der Waals surface area (Å²) >= 11 is 6.18. The first-order valence-electron chi connectivity index (χ1n) is 5.54. The summed E-state index contributed by atoms with van der Waals surface area (Å²) < 4.78 is 27.4. The normalized spacial score (nSPS) is 10.5. The quantitative estimate of drug-likeness (QED) is 0.827. The van der Waals surface area contributed by atoms with Crippen molar-refractivity contribution in [3.05, 3.63) is 55.3 Å². The van der Waals surface area contributed by atoms with Crippen LogP contribution in [0.5, 0.6) is 0 Å². The van der Waals surface area contributed by atoms with E-state index in [2.05, 4.69) is 42.3 Å². The van der Waals surface area contributed by atoms with Crippen LogP contribution in [0.15, 0.2) is 38.1 Å². The molecule has 9 heteroatoms. The number of benzene rings is 1. The highest BCUT2D eigenvalue weighted by molar-refractivity contribution is 9.13. The van der Waals surface area contributed by atoms with Crippen LogP contribution in [0.2, 0.25) is 0 Å². The van der Waals surface area contributed by atoms with Crippen molar-refractivity contribution in [2.24, 2.45) is 0 Å². The second kappa shape index (κ2) is 6.44. The van der Waals surface area contributed by atoms with Gasteiger partial charge in [-0.05, 0) is 44.0 Å². The molecular weight excluding hydrogens is 416 g/mol. The van der Waals surface area contributed by atoms with Crippen molar-refractivity contribution in [2.45, 2.75) is 6.54 Å². The fourth-order valence-electron chi connectivity index (χ4n) is 1.47. The van der Waals surface area contributed by atoms with Crippen LogP contribution in [0.1, 0.15) is 0 Å². The molecule has 0 unspecified atom stereocenters. The lowest BCUT2D eigenvalue weighted by molar-refractivity contribution is -0.117. The number of hydrogen-bond donors (Lipinski definition) is 1. The maximum atomic E-state index is 13.0. The first-order chi connectivity index (χ1) is 9.88. The number of anilines is 1. The van der Waals surface area contributed by atoms with Crippen LogP contribution in [-0.2, 0) is 11.3 Å². The SMILES string of the molecule is O=C(Cn1ncc(Br)c(Br)c1=O)Nc1ccc(F)c(F)c1. The molecule has 0 atom stereocenters. The third-order valence-corrected chi connectivity index (χ3v) is 4.34. The van der Waals surface area contributed by atoms with Crippen LogP contribution in [0, 0.1) is 11.6 Å². The van der Waals surface area contributed by atoms with Crippen molar-refractivity contribution in [1.29, 1.82) is 0 Å². The van der Waals surface area contributed by atoms with Crippen LogP contribution >= 0.6 is 31.9 Å². The van der Waals surface area contributed by atoms with Crippen LogP contribution in [0.4, 0.5) is 14.5 Å². The zero-order valence-corrected chi connectivity index (χ0v) is 13.4. The summed E-state index contributed by atoms with van der Waals surface area (Å²) in [6.07, 6.45) is 1.36. The number of carbonyl (C=O) groups is 1. The van der Waals surface area contributed by atoms with Crippen LogP contribution in [0.3, 0.4) is 0 Å². The monoisotopic (exact) mass is 421 g/mol. The average Bonchev–Trinajstić information content (AvgIpc) is 2.44. The van der Waals surface area contributed by atoms with Crippen molar-refractivity contribution < 1.29 is 13.6 Å². The zero-order valence-electron chi connectivity index (χ0n) is 10.2. The third kappa shape index (κ3) is 3.73. The maximum Gasteiger partial charge on any atom is 0.282 e. The summed E-state index contributed by atoms with van der Waals surface area (Å²) in [6.45, 7) is -0.357. The summed E-state index contributed by atoms with van der Waals surface area (Å²) in [5, 5.41) is 6.13. The van der Waals surface area contributed by atoms with Crippen LogP contribution in [0.25, 0.3) is 0 Å². The Morgan fingerprint density at radius 3 is 2.67 bits per heavy atom. The van der Waals surface area contributed by atoms with E-state index in [1.165, 1.54) is 12.3 Å². The second-order valence-electron chi connectivity index (χ2n) is 3.95. The standard InChI is InChI=1S/C12H7Br2F2N3O2/c13-7-4-17-19(12(21)11(7)14)5-10(20)18-6-1-2-8(15)9(16)3-6/h1-4H,5H2,(H,18,20). The third-order valence-electron chi connectivity index (χ3n) is 2.44. The van der Waals surface area contributed by atoms with Gasteiger partial charge in [0.15, 0.2) is 11.6 Å². The number of hydrogen-bond acceptors (Lipinski definition) is 3. The van der Waals surface area contributed by atoms with Crippen molar-refractivity contribution in [2.75, 3.05) is 5.32 Å². The van der Waals surface area contributed by atoms with Gasteiger partial charge in [0.25, 0.3) is 5.56 Å². The molecule has 0 fully saturated rings. The topological polar surface area (TPSA) is 64.0 Å². The van der Waals surface area contributed by atoms with Crippen LogP contribution in [-0.4, -0.2) is 15.7 Å². The number of amides is 1. The Hall–Kier alpha value is -1.61. The molecule has 1 aromatic heterocycles. The Morgan fingerprint density at radius 2 is 2.00 bits per heavy atom. The Morgan fingerprint density at radius 1 is 1.29 bits per heavy atom. The fourth-order valence-corrected chi connectivity index (χ4v) is 2.04. The largest absolute Gasteiger partial charge is 0.324 e. The fraction of sp³-hybridized carbons (Fsp3) is 0.0833. The van der Waals surface area contributed by atoms with Gasteiger partial charge >= 0.3 is 0 Å². The van der Waals surface area contributed by atoms with Crippen molar-refractivity contribution in [1.82, 2.24) is 9.78 Å². The first-order valence-corrected chi connectivity index (χ1v) is 7.13. The zero-order chi connectivity index (χ0) is 15.6. The highest BCUT2D eigenvalue weighted by Gasteiger charge is 2.11. The van der Waals surface area contributed by atoms with E-state index in [4.69, 9.17) is 0 Å². The molecule has 2 aromatic rings. The van der Waals surface area contributed by atoms with E-state index in [0.29, 0.717) is 4.47 Å². The van der Waals surface area contributed by atoms with Gasteiger partial charge in [0.1, 0.15) is 11.0 Å². The molecule has 0 aliphatic rings. The van der Waals surface area contributed by atoms with Gasteiger partial charge in [0, 0.05) is 11.8 Å². The van der Waals surface area contributed by atoms with E-state index in [0.717, 1.165) is 16.8 Å². The van der Waals surface area contributed by atoms with E-state index in [9.17, 15) is 18.4 Å². The van der Waals surface area contributed by atoms with E-state index >= 15 is 0 Å². The van der Waals surface area contributed by atoms with Gasteiger partial charge in [-0.2, -0.15) is 5.10 Å². The van der Waals surface area contributed by atoms with Gasteiger partial charge in [-0.25, -0.2) is 13.5 Å². The Bertz CT molecular complexity index is 765. The molecule has 110 valence electrons. The average molecular weight is 423 g/mol. The molecule has 2 rings (SSSR count). The van der Waals surface area contributed by atoms with E-state index in [1.807, 2.05) is 0 Å². The Kier molecular flexibility index (Phi) is 4.84. The molecule has 1 amide bonds. The van der Waals surface area contributed by atoms with E-state index < -0.39 is 23.1 Å². The summed E-state index contributed by atoms with van der Waals surface area (Å²) in [5.74, 6) is -2.68. The minimum Gasteiger partial charge on any atom is -0.324 e. The second-order valence-corrected chi connectivity index (χ2v) is 5.59. The number of halogens is 4. The van der Waals surface area contributed by atoms with Gasteiger partial charge < -0.3 is 5.32 Å². The maximum absolute atomic E-state index is 13.0. The summed E-state index contributed by atoms with van der Waals surface area (Å²) in [7, 11) is 0. The minimum absolute atomic E-state index is 0.0862. The van der Waals surface area contributed by atoms with E-state index in [1.54, 1.807) is 0 Å². The van der Waals surface area contributed by atoms with Crippen LogP contribution < -0.4 is 10.9 Å².